The summed E-state index contributed by atoms with van der Waals surface area (Å²) < 4.78 is 1.75. The maximum absolute atomic E-state index is 3.86. The van der Waals surface area contributed by atoms with Gasteiger partial charge in [0.25, 0.3) is 0 Å². The normalized spacial score (nSPS) is 9.17. The van der Waals surface area contributed by atoms with Crippen molar-refractivity contribution in [2.24, 2.45) is 0 Å². The molecule has 0 aliphatic carbocycles. The molecule has 0 spiro atoms. The Balaban J connectivity index is 2.54. The Labute approximate surface area is 75.7 Å². The minimum absolute atomic E-state index is 0.747. The van der Waals surface area contributed by atoms with Gasteiger partial charge in [-0.15, -0.1) is 11.0 Å². The Bertz CT molecular complexity index is 296. The van der Waals surface area contributed by atoms with E-state index in [2.05, 4.69) is 27.4 Å². The Morgan fingerprint density at radius 3 is 3.08 bits per heavy atom. The maximum atomic E-state index is 3.86. The summed E-state index contributed by atoms with van der Waals surface area (Å²) in [7, 11) is 0. The first kappa shape index (κ1) is 9.07. The zero-order valence-corrected chi connectivity index (χ0v) is 7.93. The van der Waals surface area contributed by atoms with Crippen LogP contribution in [0.25, 0.3) is 0 Å². The highest BCUT2D eigenvalue weighted by atomic mass is 32.2. The van der Waals surface area contributed by atoms with Gasteiger partial charge in [0.2, 0.25) is 5.16 Å². The van der Waals surface area contributed by atoms with Crippen molar-refractivity contribution in [3.8, 4) is 11.8 Å². The topological polar surface area (TPSA) is 43.6 Å². The molecule has 0 amide bonds. The van der Waals surface area contributed by atoms with E-state index in [0.717, 1.165) is 17.5 Å². The molecule has 0 unspecified atom stereocenters. The predicted molar refractivity (Wildman–Crippen MR) is 47.7 cm³/mol. The van der Waals surface area contributed by atoms with Crippen LogP contribution < -0.4 is 0 Å². The predicted octanol–water partition coefficient (Wildman–Crippen LogP) is 0.808. The second-order valence-electron chi connectivity index (χ2n) is 1.99. The summed E-state index contributed by atoms with van der Waals surface area (Å²) >= 11 is 1.56. The molecule has 0 aliphatic heterocycles. The second kappa shape index (κ2) is 4.78. The molecular formula is C7H10N4S. The lowest BCUT2D eigenvalue weighted by Gasteiger charge is -1.95. The van der Waals surface area contributed by atoms with Crippen LogP contribution in [0.2, 0.25) is 0 Å². The molecule has 0 fully saturated rings. The molecule has 0 N–H and O–H groups in total. The quantitative estimate of drug-likeness (QED) is 0.512. The van der Waals surface area contributed by atoms with Crippen molar-refractivity contribution in [3.63, 3.8) is 0 Å². The summed E-state index contributed by atoms with van der Waals surface area (Å²) in [5.41, 5.74) is 0. The van der Waals surface area contributed by atoms with E-state index in [1.807, 2.05) is 13.8 Å². The molecule has 4 nitrogen and oxygen atoms in total. The van der Waals surface area contributed by atoms with Gasteiger partial charge in [0, 0.05) is 6.54 Å². The van der Waals surface area contributed by atoms with Crippen molar-refractivity contribution in [2.45, 2.75) is 25.5 Å². The van der Waals surface area contributed by atoms with Gasteiger partial charge in [-0.05, 0) is 24.3 Å². The first-order valence-electron chi connectivity index (χ1n) is 3.67. The largest absolute Gasteiger partial charge is 0.221 e. The molecule has 1 rings (SSSR count). The van der Waals surface area contributed by atoms with Crippen molar-refractivity contribution in [1.29, 1.82) is 0 Å². The summed E-state index contributed by atoms with van der Waals surface area (Å²) in [5.74, 6) is 6.51. The van der Waals surface area contributed by atoms with Crippen LogP contribution in [0.15, 0.2) is 5.16 Å². The average Bonchev–Trinajstić information content (AvgIpc) is 2.52. The maximum Gasteiger partial charge on any atom is 0.210 e. The van der Waals surface area contributed by atoms with Crippen LogP contribution in [0.5, 0.6) is 0 Å². The van der Waals surface area contributed by atoms with Crippen LogP contribution in [0.3, 0.4) is 0 Å². The van der Waals surface area contributed by atoms with Crippen molar-refractivity contribution in [1.82, 2.24) is 20.2 Å². The molecule has 64 valence electrons. The molecule has 12 heavy (non-hydrogen) atoms. The summed E-state index contributed by atoms with van der Waals surface area (Å²) in [6.07, 6.45) is 0. The molecule has 0 saturated heterocycles. The van der Waals surface area contributed by atoms with Crippen molar-refractivity contribution < 1.29 is 0 Å². The molecular weight excluding hydrogens is 172 g/mol. The van der Waals surface area contributed by atoms with E-state index in [-0.39, 0.29) is 0 Å². The number of rotatable bonds is 3. The Morgan fingerprint density at radius 1 is 1.58 bits per heavy atom. The molecule has 0 aromatic carbocycles. The molecule has 1 aromatic heterocycles. The molecule has 0 aliphatic rings. The highest BCUT2D eigenvalue weighted by Crippen LogP contribution is 2.11. The number of aromatic nitrogens is 4. The second-order valence-corrected chi connectivity index (χ2v) is 2.94. The van der Waals surface area contributed by atoms with E-state index in [1.54, 1.807) is 16.4 Å². The molecule has 0 saturated carbocycles. The summed E-state index contributed by atoms with van der Waals surface area (Å²) in [4.78, 5) is 0. The number of hydrogen-bond donors (Lipinski definition) is 0. The molecule has 0 bridgehead atoms. The standard InChI is InChI=1S/C7H10N4S/c1-3-5-6-12-7-8-9-10-11(7)4-2/h4,6H2,1-2H3. The molecule has 0 radical (unpaired) electrons. The molecule has 0 atom stereocenters. The number of tetrazole rings is 1. The average molecular weight is 182 g/mol. The SMILES string of the molecule is CC#CCSc1nnnn1CC. The van der Waals surface area contributed by atoms with Crippen molar-refractivity contribution in [2.75, 3.05) is 5.75 Å². The molecule has 1 aromatic rings. The van der Waals surface area contributed by atoms with Gasteiger partial charge < -0.3 is 0 Å². The van der Waals surface area contributed by atoms with Gasteiger partial charge in [0.15, 0.2) is 0 Å². The van der Waals surface area contributed by atoms with E-state index in [0.29, 0.717) is 0 Å². The third-order valence-electron chi connectivity index (χ3n) is 1.25. The van der Waals surface area contributed by atoms with Crippen LogP contribution in [-0.4, -0.2) is 26.0 Å². The Morgan fingerprint density at radius 2 is 2.42 bits per heavy atom. The van der Waals surface area contributed by atoms with Gasteiger partial charge in [-0.2, -0.15) is 0 Å². The number of aryl methyl sites for hydroxylation is 1. The minimum Gasteiger partial charge on any atom is -0.221 e. The lowest BCUT2D eigenvalue weighted by Crippen LogP contribution is -1.98. The van der Waals surface area contributed by atoms with E-state index in [1.165, 1.54) is 0 Å². The van der Waals surface area contributed by atoms with Crippen molar-refractivity contribution in [3.05, 3.63) is 0 Å². The number of thioether (sulfide) groups is 1. The lowest BCUT2D eigenvalue weighted by atomic mass is 10.7. The minimum atomic E-state index is 0.747. The van der Waals surface area contributed by atoms with E-state index in [9.17, 15) is 0 Å². The fourth-order valence-corrected chi connectivity index (χ4v) is 1.43. The van der Waals surface area contributed by atoms with Gasteiger partial charge >= 0.3 is 0 Å². The monoisotopic (exact) mass is 182 g/mol. The third-order valence-corrected chi connectivity index (χ3v) is 2.09. The first-order valence-corrected chi connectivity index (χ1v) is 4.65. The Hall–Kier alpha value is -1.02. The van der Waals surface area contributed by atoms with E-state index < -0.39 is 0 Å². The van der Waals surface area contributed by atoms with E-state index >= 15 is 0 Å². The van der Waals surface area contributed by atoms with Gasteiger partial charge in [-0.1, -0.05) is 17.7 Å². The zero-order chi connectivity index (χ0) is 8.81. The molecule has 5 heteroatoms. The molecule has 1 heterocycles. The third kappa shape index (κ3) is 2.24. The van der Waals surface area contributed by atoms with Crippen LogP contribution >= 0.6 is 11.8 Å². The zero-order valence-electron chi connectivity index (χ0n) is 7.11. The van der Waals surface area contributed by atoms with Crippen LogP contribution in [0.1, 0.15) is 13.8 Å². The van der Waals surface area contributed by atoms with E-state index in [4.69, 9.17) is 0 Å². The van der Waals surface area contributed by atoms with Gasteiger partial charge in [0.05, 0.1) is 5.75 Å². The van der Waals surface area contributed by atoms with Crippen LogP contribution in [0, 0.1) is 11.8 Å². The summed E-state index contributed by atoms with van der Waals surface area (Å²) in [6.45, 7) is 4.63. The first-order chi connectivity index (χ1) is 5.88. The summed E-state index contributed by atoms with van der Waals surface area (Å²) in [5, 5.41) is 12.1. The number of hydrogen-bond acceptors (Lipinski definition) is 4. The van der Waals surface area contributed by atoms with Gasteiger partial charge in [0.1, 0.15) is 0 Å². The van der Waals surface area contributed by atoms with Gasteiger partial charge in [-0.25, -0.2) is 4.68 Å². The van der Waals surface area contributed by atoms with Crippen LogP contribution in [0.4, 0.5) is 0 Å². The van der Waals surface area contributed by atoms with Crippen LogP contribution in [-0.2, 0) is 6.54 Å². The fourth-order valence-electron chi connectivity index (χ4n) is 0.671. The lowest BCUT2D eigenvalue weighted by molar-refractivity contribution is 0.581. The smallest absolute Gasteiger partial charge is 0.210 e. The summed E-state index contributed by atoms with van der Waals surface area (Å²) in [6, 6.07) is 0. The highest BCUT2D eigenvalue weighted by Gasteiger charge is 2.02. The highest BCUT2D eigenvalue weighted by molar-refractivity contribution is 7.99. The van der Waals surface area contributed by atoms with Gasteiger partial charge in [-0.3, -0.25) is 0 Å². The fraction of sp³-hybridized carbons (Fsp3) is 0.571. The van der Waals surface area contributed by atoms with Crippen molar-refractivity contribution >= 4 is 11.8 Å². The number of nitrogens with zero attached hydrogens (tertiary/aromatic N) is 4. The Kier molecular flexibility index (Phi) is 3.61.